The highest BCUT2D eigenvalue weighted by molar-refractivity contribution is 5.94. The van der Waals surface area contributed by atoms with Crippen LogP contribution in [0.4, 0.5) is 8.78 Å². The molecule has 0 aliphatic carbocycles. The standard InChI is InChI=1S/C16H22F2N4O2/c1-10(2)7-11(5-6-23)8-19-16(24)12-3-4-13-20-21-15(14(17)18)22(13)9-12/h3-4,9-11,14,23H,5-8H2,1-2H3,(H,19,24). The van der Waals surface area contributed by atoms with Crippen LogP contribution in [0.2, 0.25) is 0 Å². The molecule has 2 heterocycles. The highest BCUT2D eigenvalue weighted by Gasteiger charge is 2.18. The molecule has 8 heteroatoms. The van der Waals surface area contributed by atoms with Gasteiger partial charge in [-0.15, -0.1) is 10.2 Å². The molecular weight excluding hydrogens is 318 g/mol. The lowest BCUT2D eigenvalue weighted by Crippen LogP contribution is -2.30. The summed E-state index contributed by atoms with van der Waals surface area (Å²) in [6.45, 7) is 4.66. The molecular formula is C16H22F2N4O2. The molecule has 0 spiro atoms. The van der Waals surface area contributed by atoms with E-state index in [0.29, 0.717) is 18.9 Å². The fourth-order valence-electron chi connectivity index (χ4n) is 2.68. The Morgan fingerprint density at radius 1 is 1.33 bits per heavy atom. The van der Waals surface area contributed by atoms with Gasteiger partial charge in [-0.2, -0.15) is 0 Å². The van der Waals surface area contributed by atoms with Crippen molar-refractivity contribution in [1.82, 2.24) is 19.9 Å². The van der Waals surface area contributed by atoms with E-state index >= 15 is 0 Å². The van der Waals surface area contributed by atoms with Crippen molar-refractivity contribution in [2.45, 2.75) is 33.1 Å². The molecule has 2 rings (SSSR count). The van der Waals surface area contributed by atoms with Crippen molar-refractivity contribution in [2.24, 2.45) is 11.8 Å². The van der Waals surface area contributed by atoms with Crippen LogP contribution in [-0.2, 0) is 0 Å². The van der Waals surface area contributed by atoms with Crippen molar-refractivity contribution < 1.29 is 18.7 Å². The van der Waals surface area contributed by atoms with Crippen LogP contribution in [0.25, 0.3) is 5.65 Å². The molecule has 24 heavy (non-hydrogen) atoms. The van der Waals surface area contributed by atoms with E-state index in [9.17, 15) is 13.6 Å². The third kappa shape index (κ3) is 4.47. The second-order valence-corrected chi connectivity index (χ2v) is 6.22. The van der Waals surface area contributed by atoms with Crippen LogP contribution in [0.15, 0.2) is 18.3 Å². The number of rotatable bonds is 8. The quantitative estimate of drug-likeness (QED) is 0.773. The SMILES string of the molecule is CC(C)CC(CCO)CNC(=O)c1ccc2nnc(C(F)F)n2c1. The van der Waals surface area contributed by atoms with Gasteiger partial charge < -0.3 is 10.4 Å². The van der Waals surface area contributed by atoms with Gasteiger partial charge in [-0.1, -0.05) is 13.8 Å². The summed E-state index contributed by atoms with van der Waals surface area (Å²) in [5, 5.41) is 19.0. The van der Waals surface area contributed by atoms with Gasteiger partial charge in [0.15, 0.2) is 5.65 Å². The molecule has 1 unspecified atom stereocenters. The molecule has 132 valence electrons. The predicted molar refractivity (Wildman–Crippen MR) is 84.9 cm³/mol. The number of carbonyl (C=O) groups is 1. The first-order valence-corrected chi connectivity index (χ1v) is 7.94. The minimum atomic E-state index is -2.77. The van der Waals surface area contributed by atoms with Gasteiger partial charge >= 0.3 is 0 Å². The molecule has 6 nitrogen and oxygen atoms in total. The van der Waals surface area contributed by atoms with Gasteiger partial charge in [0.25, 0.3) is 12.3 Å². The number of carbonyl (C=O) groups excluding carboxylic acids is 1. The average molecular weight is 340 g/mol. The number of hydrogen-bond acceptors (Lipinski definition) is 4. The molecule has 0 aliphatic rings. The minimum Gasteiger partial charge on any atom is -0.396 e. The van der Waals surface area contributed by atoms with Gasteiger partial charge in [0.05, 0.1) is 5.56 Å². The number of nitrogens with one attached hydrogen (secondary N) is 1. The number of fused-ring (bicyclic) bond motifs is 1. The lowest BCUT2D eigenvalue weighted by Gasteiger charge is -2.18. The number of halogens is 2. The van der Waals surface area contributed by atoms with E-state index in [1.54, 1.807) is 0 Å². The van der Waals surface area contributed by atoms with E-state index in [4.69, 9.17) is 5.11 Å². The summed E-state index contributed by atoms with van der Waals surface area (Å²) in [6.07, 6.45) is 0.0490. The fraction of sp³-hybridized carbons (Fsp3) is 0.562. The fourth-order valence-corrected chi connectivity index (χ4v) is 2.68. The monoisotopic (exact) mass is 340 g/mol. The number of amides is 1. The lowest BCUT2D eigenvalue weighted by molar-refractivity contribution is 0.0940. The number of alkyl halides is 2. The average Bonchev–Trinajstić information content (AvgIpc) is 2.95. The highest BCUT2D eigenvalue weighted by atomic mass is 19.3. The highest BCUT2D eigenvalue weighted by Crippen LogP contribution is 2.18. The van der Waals surface area contributed by atoms with Crippen molar-refractivity contribution >= 4 is 11.6 Å². The summed E-state index contributed by atoms with van der Waals surface area (Å²) < 4.78 is 26.9. The van der Waals surface area contributed by atoms with E-state index < -0.39 is 12.2 Å². The first-order chi connectivity index (χ1) is 11.4. The Labute approximate surface area is 138 Å². The topological polar surface area (TPSA) is 79.5 Å². The van der Waals surface area contributed by atoms with Crippen LogP contribution in [0.5, 0.6) is 0 Å². The first kappa shape index (κ1) is 18.3. The van der Waals surface area contributed by atoms with Gasteiger partial charge in [-0.3, -0.25) is 9.20 Å². The van der Waals surface area contributed by atoms with Crippen LogP contribution < -0.4 is 5.32 Å². The Balaban J connectivity index is 2.08. The molecule has 0 bridgehead atoms. The van der Waals surface area contributed by atoms with Gasteiger partial charge in [0.1, 0.15) is 0 Å². The Hall–Kier alpha value is -2.09. The smallest absolute Gasteiger partial charge is 0.297 e. The lowest BCUT2D eigenvalue weighted by atomic mass is 9.94. The van der Waals surface area contributed by atoms with Crippen LogP contribution in [-0.4, -0.2) is 38.8 Å². The van der Waals surface area contributed by atoms with Crippen LogP contribution >= 0.6 is 0 Å². The van der Waals surface area contributed by atoms with Crippen LogP contribution in [0, 0.1) is 11.8 Å². The molecule has 0 fully saturated rings. The summed E-state index contributed by atoms with van der Waals surface area (Å²) in [4.78, 5) is 12.3. The molecule has 2 aromatic rings. The van der Waals surface area contributed by atoms with Crippen molar-refractivity contribution in [2.75, 3.05) is 13.2 Å². The summed E-state index contributed by atoms with van der Waals surface area (Å²) in [6, 6.07) is 3.01. The molecule has 1 amide bonds. The maximum Gasteiger partial charge on any atom is 0.297 e. The van der Waals surface area contributed by atoms with E-state index in [0.717, 1.165) is 10.8 Å². The molecule has 2 aromatic heterocycles. The molecule has 2 N–H and O–H groups in total. The molecule has 0 radical (unpaired) electrons. The minimum absolute atomic E-state index is 0.0671. The number of pyridine rings is 1. The third-order valence-electron chi connectivity index (χ3n) is 3.78. The van der Waals surface area contributed by atoms with Gasteiger partial charge in [0.2, 0.25) is 5.82 Å². The molecule has 0 saturated heterocycles. The Bertz CT molecular complexity index is 688. The van der Waals surface area contributed by atoms with E-state index in [-0.39, 0.29) is 29.6 Å². The maximum absolute atomic E-state index is 12.9. The largest absolute Gasteiger partial charge is 0.396 e. The summed E-state index contributed by atoms with van der Waals surface area (Å²) in [5.41, 5.74) is 0.524. The van der Waals surface area contributed by atoms with Crippen LogP contribution in [0.1, 0.15) is 49.3 Å². The number of aromatic nitrogens is 3. The van der Waals surface area contributed by atoms with Gasteiger partial charge in [0, 0.05) is 19.3 Å². The Morgan fingerprint density at radius 3 is 2.71 bits per heavy atom. The molecule has 0 aromatic carbocycles. The molecule has 0 saturated carbocycles. The Kier molecular flexibility index (Phi) is 6.19. The second kappa shape index (κ2) is 8.14. The molecule has 1 atom stereocenters. The second-order valence-electron chi connectivity index (χ2n) is 6.22. The number of aliphatic hydroxyl groups is 1. The zero-order chi connectivity index (χ0) is 17.7. The maximum atomic E-state index is 12.9. The van der Waals surface area contributed by atoms with Crippen molar-refractivity contribution in [1.29, 1.82) is 0 Å². The Morgan fingerprint density at radius 2 is 2.08 bits per heavy atom. The van der Waals surface area contributed by atoms with Crippen molar-refractivity contribution in [3.8, 4) is 0 Å². The molecule has 0 aliphatic heterocycles. The van der Waals surface area contributed by atoms with E-state index in [1.165, 1.54) is 18.3 Å². The van der Waals surface area contributed by atoms with E-state index in [1.807, 2.05) is 0 Å². The summed E-state index contributed by atoms with van der Waals surface area (Å²) >= 11 is 0. The normalized spacial score (nSPS) is 13.0. The summed E-state index contributed by atoms with van der Waals surface area (Å²) in [5.74, 6) is -0.204. The summed E-state index contributed by atoms with van der Waals surface area (Å²) in [7, 11) is 0. The predicted octanol–water partition coefficient (Wildman–Crippen LogP) is 2.44. The zero-order valence-electron chi connectivity index (χ0n) is 13.7. The van der Waals surface area contributed by atoms with Crippen molar-refractivity contribution in [3.05, 3.63) is 29.7 Å². The number of hydrogen-bond donors (Lipinski definition) is 2. The third-order valence-corrected chi connectivity index (χ3v) is 3.78. The zero-order valence-corrected chi connectivity index (χ0v) is 13.7. The van der Waals surface area contributed by atoms with Crippen LogP contribution in [0.3, 0.4) is 0 Å². The van der Waals surface area contributed by atoms with Crippen molar-refractivity contribution in [3.63, 3.8) is 0 Å². The van der Waals surface area contributed by atoms with E-state index in [2.05, 4.69) is 29.4 Å². The number of aliphatic hydroxyl groups excluding tert-OH is 1. The van der Waals surface area contributed by atoms with Gasteiger partial charge in [-0.05, 0) is 36.8 Å². The van der Waals surface area contributed by atoms with Gasteiger partial charge in [-0.25, -0.2) is 8.78 Å². The number of nitrogens with zero attached hydrogens (tertiary/aromatic N) is 3. The first-order valence-electron chi connectivity index (χ1n) is 7.94.